The number of aromatic nitrogens is 2. The molecule has 168 valence electrons. The molecule has 0 aliphatic carbocycles. The third-order valence-electron chi connectivity index (χ3n) is 6.61. The standard InChI is InChI=1S/C27H28N4O2/c1-30(2)27(33)22-15-25(29-24-10-6-4-8-21(22)24)19-13-14-31(17-19)26(32)12-11-18-16-28-23-9-5-3-7-20(18)23/h3-10,15-16,19,28H,11-14,17H2,1-2H3/t19-/m1/s1. The summed E-state index contributed by atoms with van der Waals surface area (Å²) in [6, 6.07) is 17.9. The number of aromatic amines is 1. The van der Waals surface area contributed by atoms with Crippen molar-refractivity contribution < 1.29 is 9.59 Å². The summed E-state index contributed by atoms with van der Waals surface area (Å²) in [6.07, 6.45) is 4.08. The molecule has 2 aromatic carbocycles. The van der Waals surface area contributed by atoms with Gasteiger partial charge in [-0.1, -0.05) is 36.4 Å². The topological polar surface area (TPSA) is 69.3 Å². The number of fused-ring (bicyclic) bond motifs is 2. The van der Waals surface area contributed by atoms with Gasteiger partial charge < -0.3 is 14.8 Å². The number of para-hydroxylation sites is 2. The van der Waals surface area contributed by atoms with Gasteiger partial charge in [0.2, 0.25) is 5.91 Å². The summed E-state index contributed by atoms with van der Waals surface area (Å²) in [5.41, 5.74) is 4.67. The Bertz CT molecular complexity index is 1340. The maximum Gasteiger partial charge on any atom is 0.254 e. The molecule has 6 nitrogen and oxygen atoms in total. The predicted molar refractivity (Wildman–Crippen MR) is 130 cm³/mol. The van der Waals surface area contributed by atoms with E-state index in [0.29, 0.717) is 18.5 Å². The molecular formula is C27H28N4O2. The Hall–Kier alpha value is -3.67. The third kappa shape index (κ3) is 4.09. The van der Waals surface area contributed by atoms with Crippen LogP contribution in [-0.2, 0) is 11.2 Å². The van der Waals surface area contributed by atoms with Gasteiger partial charge in [0.05, 0.1) is 11.1 Å². The fourth-order valence-electron chi connectivity index (χ4n) is 4.79. The summed E-state index contributed by atoms with van der Waals surface area (Å²) in [5.74, 6) is 0.285. The van der Waals surface area contributed by atoms with Crippen molar-refractivity contribution in [3.63, 3.8) is 0 Å². The van der Waals surface area contributed by atoms with Gasteiger partial charge in [0.1, 0.15) is 0 Å². The van der Waals surface area contributed by atoms with Gasteiger partial charge >= 0.3 is 0 Å². The van der Waals surface area contributed by atoms with E-state index >= 15 is 0 Å². The molecule has 5 rings (SSSR count). The highest BCUT2D eigenvalue weighted by Crippen LogP contribution is 2.30. The van der Waals surface area contributed by atoms with E-state index in [9.17, 15) is 9.59 Å². The molecule has 33 heavy (non-hydrogen) atoms. The minimum absolute atomic E-state index is 0.0282. The summed E-state index contributed by atoms with van der Waals surface area (Å²) in [7, 11) is 3.53. The van der Waals surface area contributed by atoms with Crippen molar-refractivity contribution in [2.24, 2.45) is 0 Å². The van der Waals surface area contributed by atoms with Crippen molar-refractivity contribution in [2.75, 3.05) is 27.2 Å². The molecule has 0 bridgehead atoms. The highest BCUT2D eigenvalue weighted by molar-refractivity contribution is 6.06. The smallest absolute Gasteiger partial charge is 0.254 e. The van der Waals surface area contributed by atoms with Gasteiger partial charge in [-0.15, -0.1) is 0 Å². The van der Waals surface area contributed by atoms with Gasteiger partial charge in [0.15, 0.2) is 0 Å². The molecule has 0 saturated carbocycles. The summed E-state index contributed by atoms with van der Waals surface area (Å²) >= 11 is 0. The first-order valence-corrected chi connectivity index (χ1v) is 11.5. The predicted octanol–water partition coefficient (Wildman–Crippen LogP) is 4.37. The van der Waals surface area contributed by atoms with Crippen LogP contribution in [0.3, 0.4) is 0 Å². The van der Waals surface area contributed by atoms with E-state index in [2.05, 4.69) is 17.1 Å². The number of carbonyl (C=O) groups is 2. The molecule has 1 aliphatic rings. The lowest BCUT2D eigenvalue weighted by atomic mass is 9.99. The number of nitrogens with one attached hydrogen (secondary N) is 1. The number of aryl methyl sites for hydroxylation is 1. The van der Waals surface area contributed by atoms with E-state index in [1.54, 1.807) is 19.0 Å². The third-order valence-corrected chi connectivity index (χ3v) is 6.61. The fraction of sp³-hybridized carbons (Fsp3) is 0.296. The minimum Gasteiger partial charge on any atom is -0.361 e. The lowest BCUT2D eigenvalue weighted by Gasteiger charge is -2.18. The monoisotopic (exact) mass is 440 g/mol. The van der Waals surface area contributed by atoms with Crippen LogP contribution in [0.15, 0.2) is 60.8 Å². The van der Waals surface area contributed by atoms with Crippen molar-refractivity contribution in [2.45, 2.75) is 25.2 Å². The van der Waals surface area contributed by atoms with Gasteiger partial charge in [0.25, 0.3) is 5.91 Å². The van der Waals surface area contributed by atoms with E-state index in [4.69, 9.17) is 4.98 Å². The van der Waals surface area contributed by atoms with Crippen LogP contribution in [0, 0.1) is 0 Å². The van der Waals surface area contributed by atoms with Crippen LogP contribution < -0.4 is 0 Å². The normalized spacial score (nSPS) is 15.9. The zero-order valence-corrected chi connectivity index (χ0v) is 19.0. The second kappa shape index (κ2) is 8.70. The summed E-state index contributed by atoms with van der Waals surface area (Å²) in [5, 5.41) is 2.05. The fourth-order valence-corrected chi connectivity index (χ4v) is 4.79. The van der Waals surface area contributed by atoms with Crippen molar-refractivity contribution in [1.82, 2.24) is 19.8 Å². The van der Waals surface area contributed by atoms with Crippen LogP contribution in [0.25, 0.3) is 21.8 Å². The lowest BCUT2D eigenvalue weighted by Crippen LogP contribution is -2.28. The van der Waals surface area contributed by atoms with E-state index in [1.165, 1.54) is 10.9 Å². The van der Waals surface area contributed by atoms with Crippen LogP contribution in [0.4, 0.5) is 0 Å². The van der Waals surface area contributed by atoms with Crippen molar-refractivity contribution >= 4 is 33.6 Å². The number of H-pyrrole nitrogens is 1. The lowest BCUT2D eigenvalue weighted by molar-refractivity contribution is -0.130. The number of hydrogen-bond acceptors (Lipinski definition) is 3. The zero-order chi connectivity index (χ0) is 22.9. The van der Waals surface area contributed by atoms with Crippen LogP contribution in [0.5, 0.6) is 0 Å². The summed E-state index contributed by atoms with van der Waals surface area (Å²) in [6.45, 7) is 1.37. The number of hydrogen-bond donors (Lipinski definition) is 1. The highest BCUT2D eigenvalue weighted by atomic mass is 16.2. The molecule has 3 heterocycles. The van der Waals surface area contributed by atoms with E-state index in [-0.39, 0.29) is 17.7 Å². The van der Waals surface area contributed by atoms with Crippen LogP contribution in [0.2, 0.25) is 0 Å². The molecule has 2 aromatic heterocycles. The Labute approximate surface area is 193 Å². The second-order valence-corrected chi connectivity index (χ2v) is 9.00. The second-order valence-electron chi connectivity index (χ2n) is 9.00. The highest BCUT2D eigenvalue weighted by Gasteiger charge is 2.29. The first kappa shape index (κ1) is 21.2. The van der Waals surface area contributed by atoms with Crippen LogP contribution >= 0.6 is 0 Å². The molecule has 1 fully saturated rings. The Morgan fingerprint density at radius 1 is 1.09 bits per heavy atom. The van der Waals surface area contributed by atoms with E-state index in [0.717, 1.165) is 41.5 Å². The van der Waals surface area contributed by atoms with E-state index < -0.39 is 0 Å². The molecule has 2 amide bonds. The number of pyridine rings is 1. The molecule has 1 saturated heterocycles. The molecule has 4 aromatic rings. The molecular weight excluding hydrogens is 412 g/mol. The summed E-state index contributed by atoms with van der Waals surface area (Å²) in [4.78, 5) is 37.5. The summed E-state index contributed by atoms with van der Waals surface area (Å²) < 4.78 is 0. The number of benzene rings is 2. The van der Waals surface area contributed by atoms with E-state index in [1.807, 2.05) is 53.6 Å². The van der Waals surface area contributed by atoms with Gasteiger partial charge in [-0.05, 0) is 36.6 Å². The molecule has 6 heteroatoms. The quantitative estimate of drug-likeness (QED) is 0.501. The number of amides is 2. The van der Waals surface area contributed by atoms with Crippen molar-refractivity contribution in [3.8, 4) is 0 Å². The molecule has 1 aliphatic heterocycles. The van der Waals surface area contributed by atoms with Gasteiger partial charge in [0, 0.05) is 67.7 Å². The Kier molecular flexibility index (Phi) is 5.58. The SMILES string of the molecule is CN(C)C(=O)c1cc([C@@H]2CCN(C(=O)CCc3c[nH]c4ccccc34)C2)nc2ccccc12. The maximum atomic E-state index is 13.0. The van der Waals surface area contributed by atoms with Crippen LogP contribution in [-0.4, -0.2) is 58.8 Å². The average molecular weight is 441 g/mol. The molecule has 0 unspecified atom stereocenters. The number of nitrogens with zero attached hydrogens (tertiary/aromatic N) is 3. The Balaban J connectivity index is 1.31. The Morgan fingerprint density at radius 2 is 1.85 bits per heavy atom. The van der Waals surface area contributed by atoms with Crippen molar-refractivity contribution in [1.29, 1.82) is 0 Å². The number of carbonyl (C=O) groups excluding carboxylic acids is 2. The minimum atomic E-state index is -0.0282. The average Bonchev–Trinajstić information content (AvgIpc) is 3.49. The van der Waals surface area contributed by atoms with Gasteiger partial charge in [-0.2, -0.15) is 0 Å². The molecule has 0 spiro atoms. The van der Waals surface area contributed by atoms with Crippen molar-refractivity contribution in [3.05, 3.63) is 77.6 Å². The molecule has 0 radical (unpaired) electrons. The maximum absolute atomic E-state index is 13.0. The molecule has 1 atom stereocenters. The number of likely N-dealkylation sites (tertiary alicyclic amines) is 1. The van der Waals surface area contributed by atoms with Gasteiger partial charge in [-0.3, -0.25) is 14.6 Å². The largest absolute Gasteiger partial charge is 0.361 e. The molecule has 1 N–H and O–H groups in total. The zero-order valence-electron chi connectivity index (χ0n) is 19.0. The van der Waals surface area contributed by atoms with Crippen LogP contribution in [0.1, 0.15) is 40.4 Å². The van der Waals surface area contributed by atoms with Gasteiger partial charge in [-0.25, -0.2) is 0 Å². The number of rotatable bonds is 5. The Morgan fingerprint density at radius 3 is 2.67 bits per heavy atom. The first-order valence-electron chi connectivity index (χ1n) is 11.5. The first-order chi connectivity index (χ1) is 16.0.